The second-order valence-electron chi connectivity index (χ2n) is 8.15. The van der Waals surface area contributed by atoms with Crippen LogP contribution in [-0.2, 0) is 24.2 Å². The highest BCUT2D eigenvalue weighted by Gasteiger charge is 2.23. The number of benzene rings is 2. The van der Waals surface area contributed by atoms with Crippen molar-refractivity contribution < 1.29 is 9.53 Å². The fourth-order valence-corrected chi connectivity index (χ4v) is 4.30. The van der Waals surface area contributed by atoms with Crippen LogP contribution in [0, 0.1) is 13.8 Å². The van der Waals surface area contributed by atoms with E-state index in [4.69, 9.17) is 4.74 Å². The Morgan fingerprint density at radius 1 is 1.03 bits per heavy atom. The zero-order chi connectivity index (χ0) is 22.2. The normalized spacial score (nSPS) is 13.3. The molecule has 0 bridgehead atoms. The van der Waals surface area contributed by atoms with Crippen LogP contribution in [0.5, 0.6) is 5.75 Å². The number of aromatic nitrogens is 4. The number of aryl methyl sites for hydroxylation is 2. The van der Waals surface area contributed by atoms with E-state index in [1.807, 2.05) is 49.1 Å². The van der Waals surface area contributed by atoms with Gasteiger partial charge in [-0.3, -0.25) is 4.79 Å². The zero-order valence-corrected chi connectivity index (χ0v) is 18.5. The van der Waals surface area contributed by atoms with Crippen molar-refractivity contribution in [2.75, 3.05) is 13.7 Å². The molecule has 0 aliphatic carbocycles. The van der Waals surface area contributed by atoms with E-state index in [0.717, 1.165) is 41.2 Å². The second-order valence-corrected chi connectivity index (χ2v) is 8.15. The topological polar surface area (TPSA) is 72.6 Å². The first kappa shape index (κ1) is 20.2. The van der Waals surface area contributed by atoms with Crippen LogP contribution >= 0.6 is 0 Å². The molecule has 0 N–H and O–H groups in total. The predicted molar refractivity (Wildman–Crippen MR) is 122 cm³/mol. The number of rotatable bonds is 4. The number of amides is 1. The van der Waals surface area contributed by atoms with Gasteiger partial charge in [0.1, 0.15) is 5.75 Å². The van der Waals surface area contributed by atoms with Gasteiger partial charge in [-0.1, -0.05) is 24.3 Å². The highest BCUT2D eigenvalue weighted by Crippen LogP contribution is 2.23. The lowest BCUT2D eigenvalue weighted by atomic mass is 9.99. The van der Waals surface area contributed by atoms with Gasteiger partial charge in [0.2, 0.25) is 5.91 Å². The SMILES string of the molecule is COc1ccc(-c2nc3nc(C)c(CC(=O)N4CCc5ccccc5C4)c(C)n3n2)cc1. The molecule has 1 aliphatic heterocycles. The highest BCUT2D eigenvalue weighted by molar-refractivity contribution is 5.79. The average Bonchev–Trinajstić information content (AvgIpc) is 3.25. The number of fused-ring (bicyclic) bond motifs is 2. The molecule has 162 valence electrons. The van der Waals surface area contributed by atoms with E-state index in [-0.39, 0.29) is 5.91 Å². The number of hydrogen-bond acceptors (Lipinski definition) is 5. The lowest BCUT2D eigenvalue weighted by Crippen LogP contribution is -2.37. The predicted octanol–water partition coefficient (Wildman–Crippen LogP) is 3.54. The van der Waals surface area contributed by atoms with Gasteiger partial charge < -0.3 is 9.64 Å². The van der Waals surface area contributed by atoms with Crippen LogP contribution in [-0.4, -0.2) is 44.0 Å². The van der Waals surface area contributed by atoms with Crippen molar-refractivity contribution in [3.05, 3.63) is 76.6 Å². The van der Waals surface area contributed by atoms with E-state index in [1.54, 1.807) is 11.6 Å². The molecule has 2 aromatic heterocycles. The minimum Gasteiger partial charge on any atom is -0.497 e. The summed E-state index contributed by atoms with van der Waals surface area (Å²) in [5, 5.41) is 4.67. The van der Waals surface area contributed by atoms with E-state index in [1.165, 1.54) is 11.1 Å². The van der Waals surface area contributed by atoms with Gasteiger partial charge in [0.15, 0.2) is 5.82 Å². The van der Waals surface area contributed by atoms with Crippen molar-refractivity contribution in [1.82, 2.24) is 24.5 Å². The number of methoxy groups -OCH3 is 1. The van der Waals surface area contributed by atoms with Gasteiger partial charge >= 0.3 is 0 Å². The van der Waals surface area contributed by atoms with Crippen molar-refractivity contribution in [1.29, 1.82) is 0 Å². The fourth-order valence-electron chi connectivity index (χ4n) is 4.30. The zero-order valence-electron chi connectivity index (χ0n) is 18.5. The maximum Gasteiger partial charge on any atom is 0.253 e. The molecule has 4 aromatic rings. The van der Waals surface area contributed by atoms with Crippen LogP contribution in [0.2, 0.25) is 0 Å². The molecule has 3 heterocycles. The van der Waals surface area contributed by atoms with Crippen molar-refractivity contribution in [3.8, 4) is 17.1 Å². The van der Waals surface area contributed by atoms with Crippen LogP contribution in [0.15, 0.2) is 48.5 Å². The lowest BCUT2D eigenvalue weighted by molar-refractivity contribution is -0.131. The Labute approximate surface area is 186 Å². The quantitative estimate of drug-likeness (QED) is 0.498. The molecule has 1 amide bonds. The molecule has 5 rings (SSSR count). The summed E-state index contributed by atoms with van der Waals surface area (Å²) in [6, 6.07) is 16.0. The minimum atomic E-state index is 0.113. The first-order chi connectivity index (χ1) is 15.5. The molecule has 7 nitrogen and oxygen atoms in total. The Morgan fingerprint density at radius 3 is 2.53 bits per heavy atom. The molecule has 0 saturated heterocycles. The fraction of sp³-hybridized carbons (Fsp3) is 0.280. The number of carbonyl (C=O) groups excluding carboxylic acids is 1. The Balaban J connectivity index is 1.42. The van der Waals surface area contributed by atoms with E-state index < -0.39 is 0 Å². The van der Waals surface area contributed by atoms with Crippen LogP contribution < -0.4 is 4.74 Å². The summed E-state index contributed by atoms with van der Waals surface area (Å²) in [4.78, 5) is 24.3. The second kappa shape index (κ2) is 8.07. The Hall–Kier alpha value is -3.74. The van der Waals surface area contributed by atoms with Gasteiger partial charge in [0, 0.05) is 35.6 Å². The molecule has 0 atom stereocenters. The summed E-state index contributed by atoms with van der Waals surface area (Å²) < 4.78 is 6.96. The molecular weight excluding hydrogens is 402 g/mol. The maximum absolute atomic E-state index is 13.1. The van der Waals surface area contributed by atoms with E-state index in [2.05, 4.69) is 33.3 Å². The molecule has 0 spiro atoms. The van der Waals surface area contributed by atoms with Gasteiger partial charge in [0.25, 0.3) is 5.78 Å². The first-order valence-electron chi connectivity index (χ1n) is 10.8. The summed E-state index contributed by atoms with van der Waals surface area (Å²) in [7, 11) is 1.64. The maximum atomic E-state index is 13.1. The third kappa shape index (κ3) is 3.60. The van der Waals surface area contributed by atoms with Crippen LogP contribution in [0.25, 0.3) is 17.2 Å². The monoisotopic (exact) mass is 427 g/mol. The summed E-state index contributed by atoms with van der Waals surface area (Å²) in [5.41, 5.74) is 6.07. The molecule has 0 radical (unpaired) electrons. The summed E-state index contributed by atoms with van der Waals surface area (Å²) in [6.45, 7) is 5.31. The van der Waals surface area contributed by atoms with Crippen molar-refractivity contribution in [2.24, 2.45) is 0 Å². The smallest absolute Gasteiger partial charge is 0.253 e. The average molecular weight is 428 g/mol. The summed E-state index contributed by atoms with van der Waals surface area (Å²) >= 11 is 0. The van der Waals surface area contributed by atoms with E-state index in [9.17, 15) is 4.79 Å². The van der Waals surface area contributed by atoms with Crippen LogP contribution in [0.3, 0.4) is 0 Å². The van der Waals surface area contributed by atoms with Crippen LogP contribution in [0.1, 0.15) is 28.1 Å². The highest BCUT2D eigenvalue weighted by atomic mass is 16.5. The Morgan fingerprint density at radius 2 is 1.78 bits per heavy atom. The lowest BCUT2D eigenvalue weighted by Gasteiger charge is -2.29. The standard InChI is InChI=1S/C25H25N5O2/c1-16-22(14-23(31)29-13-12-18-6-4-5-7-20(18)15-29)17(2)30-25(26-16)27-24(28-30)19-8-10-21(32-3)11-9-19/h4-11H,12-15H2,1-3H3. The third-order valence-electron chi connectivity index (χ3n) is 6.21. The van der Waals surface area contributed by atoms with Crippen molar-refractivity contribution >= 4 is 11.7 Å². The van der Waals surface area contributed by atoms with Gasteiger partial charge in [-0.15, -0.1) is 5.10 Å². The first-order valence-corrected chi connectivity index (χ1v) is 10.8. The molecule has 1 aliphatic rings. The largest absolute Gasteiger partial charge is 0.497 e. The van der Waals surface area contributed by atoms with Crippen molar-refractivity contribution in [2.45, 2.75) is 33.2 Å². The summed E-state index contributed by atoms with van der Waals surface area (Å²) in [5.74, 6) is 2.03. The molecule has 0 fully saturated rings. The summed E-state index contributed by atoms with van der Waals surface area (Å²) in [6.07, 6.45) is 1.20. The minimum absolute atomic E-state index is 0.113. The van der Waals surface area contributed by atoms with Gasteiger partial charge in [-0.05, 0) is 55.7 Å². The number of carbonyl (C=O) groups is 1. The number of nitrogens with zero attached hydrogens (tertiary/aromatic N) is 5. The van der Waals surface area contributed by atoms with Gasteiger partial charge in [0.05, 0.1) is 13.5 Å². The number of ether oxygens (including phenoxy) is 1. The molecule has 7 heteroatoms. The van der Waals surface area contributed by atoms with Crippen LogP contribution in [0.4, 0.5) is 0 Å². The van der Waals surface area contributed by atoms with E-state index >= 15 is 0 Å². The molecular formula is C25H25N5O2. The molecule has 0 unspecified atom stereocenters. The third-order valence-corrected chi connectivity index (χ3v) is 6.21. The van der Waals surface area contributed by atoms with E-state index in [0.29, 0.717) is 24.6 Å². The molecule has 32 heavy (non-hydrogen) atoms. The van der Waals surface area contributed by atoms with Gasteiger partial charge in [-0.25, -0.2) is 9.50 Å². The Bertz CT molecular complexity index is 1310. The van der Waals surface area contributed by atoms with Crippen molar-refractivity contribution in [3.63, 3.8) is 0 Å². The molecule has 0 saturated carbocycles. The number of hydrogen-bond donors (Lipinski definition) is 0. The molecule has 2 aromatic carbocycles. The van der Waals surface area contributed by atoms with Gasteiger partial charge in [-0.2, -0.15) is 4.98 Å². The Kier molecular flexibility index (Phi) is 5.09.